The normalized spacial score (nSPS) is 20.0. The maximum Gasteiger partial charge on any atom is 0.263 e. The summed E-state index contributed by atoms with van der Waals surface area (Å²) < 4.78 is 1.66. The van der Waals surface area contributed by atoms with Crippen molar-refractivity contribution in [2.75, 3.05) is 11.6 Å². The van der Waals surface area contributed by atoms with Crippen molar-refractivity contribution in [2.24, 2.45) is 0 Å². The number of hydrogen-bond acceptors (Lipinski definition) is 4. The molecule has 2 N–H and O–H groups in total. The summed E-state index contributed by atoms with van der Waals surface area (Å²) in [6.45, 7) is 1.78. The van der Waals surface area contributed by atoms with Crippen LogP contribution in [0.2, 0.25) is 0 Å². The topological polar surface area (TPSA) is 71.3 Å². The lowest BCUT2D eigenvalue weighted by Gasteiger charge is -2.27. The lowest BCUT2D eigenvalue weighted by atomic mass is 9.92. The first-order chi connectivity index (χ1) is 12.5. The Kier molecular flexibility index (Phi) is 5.84. The lowest BCUT2D eigenvalue weighted by Crippen LogP contribution is -2.34. The van der Waals surface area contributed by atoms with Gasteiger partial charge in [-0.15, -0.1) is 11.8 Å². The monoisotopic (exact) mass is 372 g/mol. The minimum Gasteiger partial charge on any atom is -0.393 e. The Hall–Kier alpha value is -2.05. The van der Waals surface area contributed by atoms with Crippen LogP contribution >= 0.6 is 11.8 Å². The average Bonchev–Trinajstić information content (AvgIpc) is 2.63. The number of aliphatic hydroxyl groups excluding tert-OH is 1. The third-order valence-electron chi connectivity index (χ3n) is 4.94. The molecule has 1 aliphatic rings. The first-order valence-electron chi connectivity index (χ1n) is 8.85. The number of anilines is 1. The predicted molar refractivity (Wildman–Crippen MR) is 105 cm³/mol. The number of amides is 1. The molecule has 0 bridgehead atoms. The highest BCUT2D eigenvalue weighted by molar-refractivity contribution is 7.98. The maximum atomic E-state index is 13.0. The highest BCUT2D eigenvalue weighted by Crippen LogP contribution is 2.27. The molecule has 3 rings (SSSR count). The smallest absolute Gasteiger partial charge is 0.263 e. The van der Waals surface area contributed by atoms with Gasteiger partial charge in [0.2, 0.25) is 0 Å². The fourth-order valence-corrected chi connectivity index (χ4v) is 3.89. The summed E-state index contributed by atoms with van der Waals surface area (Å²) in [6.07, 6.45) is 6.34. The van der Waals surface area contributed by atoms with Gasteiger partial charge in [-0.3, -0.25) is 9.59 Å². The van der Waals surface area contributed by atoms with E-state index in [0.29, 0.717) is 24.1 Å². The van der Waals surface area contributed by atoms with Crippen molar-refractivity contribution in [3.63, 3.8) is 0 Å². The second kappa shape index (κ2) is 8.10. The highest BCUT2D eigenvalue weighted by Gasteiger charge is 2.24. The summed E-state index contributed by atoms with van der Waals surface area (Å²) in [6, 6.07) is 9.42. The summed E-state index contributed by atoms with van der Waals surface area (Å²) >= 11 is 1.60. The van der Waals surface area contributed by atoms with E-state index in [-0.39, 0.29) is 29.2 Å². The number of benzene rings is 1. The van der Waals surface area contributed by atoms with Gasteiger partial charge in [0.25, 0.3) is 11.5 Å². The molecule has 1 aliphatic carbocycles. The first kappa shape index (κ1) is 18.7. The predicted octanol–water partition coefficient (Wildman–Crippen LogP) is 3.61. The van der Waals surface area contributed by atoms with Crippen LogP contribution in [0.15, 0.2) is 46.2 Å². The van der Waals surface area contributed by atoms with E-state index in [1.54, 1.807) is 29.4 Å². The van der Waals surface area contributed by atoms with Gasteiger partial charge >= 0.3 is 0 Å². The van der Waals surface area contributed by atoms with Crippen molar-refractivity contribution in [3.05, 3.63) is 58.0 Å². The quantitative estimate of drug-likeness (QED) is 0.805. The summed E-state index contributed by atoms with van der Waals surface area (Å²) in [7, 11) is 0. The van der Waals surface area contributed by atoms with Crippen LogP contribution in [0.5, 0.6) is 0 Å². The van der Waals surface area contributed by atoms with Crippen molar-refractivity contribution in [1.29, 1.82) is 0 Å². The Balaban J connectivity index is 1.87. The van der Waals surface area contributed by atoms with E-state index in [9.17, 15) is 14.7 Å². The van der Waals surface area contributed by atoms with Crippen LogP contribution < -0.4 is 10.9 Å². The highest BCUT2D eigenvalue weighted by atomic mass is 32.2. The number of rotatable bonds is 4. The van der Waals surface area contributed by atoms with Gasteiger partial charge in [0.05, 0.1) is 6.10 Å². The minimum absolute atomic E-state index is 0.0397. The second-order valence-corrected chi connectivity index (χ2v) is 7.61. The molecule has 0 spiro atoms. The molecule has 0 unspecified atom stereocenters. The van der Waals surface area contributed by atoms with Gasteiger partial charge in [0, 0.05) is 22.8 Å². The van der Waals surface area contributed by atoms with Crippen LogP contribution in [0.3, 0.4) is 0 Å². The standard InChI is InChI=1S/C20H24N2O3S/c1-13-10-11-22(15-6-8-16(23)9-7-15)20(25)18(13)19(24)21-14-4-3-5-17(12-14)26-2/h3-5,10-12,15-16,23H,6-9H2,1-2H3,(H,21,24). The Bertz CT molecular complexity index is 854. The van der Waals surface area contributed by atoms with E-state index in [1.165, 1.54) is 0 Å². The molecule has 1 aromatic heterocycles. The fraction of sp³-hybridized carbons (Fsp3) is 0.400. The average molecular weight is 372 g/mol. The van der Waals surface area contributed by atoms with Crippen molar-refractivity contribution in [2.45, 2.75) is 49.6 Å². The third kappa shape index (κ3) is 4.02. The van der Waals surface area contributed by atoms with E-state index in [1.807, 2.05) is 36.6 Å². The Morgan fingerprint density at radius 1 is 1.23 bits per heavy atom. The first-order valence-corrected chi connectivity index (χ1v) is 10.1. The largest absolute Gasteiger partial charge is 0.393 e. The number of carbonyl (C=O) groups excluding carboxylic acids is 1. The van der Waals surface area contributed by atoms with Gasteiger partial charge in [-0.2, -0.15) is 0 Å². The van der Waals surface area contributed by atoms with Crippen molar-refractivity contribution >= 4 is 23.4 Å². The van der Waals surface area contributed by atoms with Crippen LogP contribution in [0, 0.1) is 6.92 Å². The van der Waals surface area contributed by atoms with Crippen LogP contribution in [-0.2, 0) is 0 Å². The Morgan fingerprint density at radius 3 is 2.65 bits per heavy atom. The van der Waals surface area contributed by atoms with Crippen molar-refractivity contribution in [3.8, 4) is 0 Å². The number of nitrogens with one attached hydrogen (secondary N) is 1. The Morgan fingerprint density at radius 2 is 1.96 bits per heavy atom. The number of nitrogens with zero attached hydrogens (tertiary/aromatic N) is 1. The van der Waals surface area contributed by atoms with E-state index < -0.39 is 0 Å². The SMILES string of the molecule is CSc1cccc(NC(=O)c2c(C)ccn(C3CCC(O)CC3)c2=O)c1. The Labute approximate surface area is 157 Å². The summed E-state index contributed by atoms with van der Waals surface area (Å²) in [4.78, 5) is 26.8. The molecule has 0 radical (unpaired) electrons. The number of aromatic nitrogens is 1. The summed E-state index contributed by atoms with van der Waals surface area (Å²) in [5, 5.41) is 12.5. The van der Waals surface area contributed by atoms with Crippen LogP contribution in [-0.4, -0.2) is 27.9 Å². The van der Waals surface area contributed by atoms with E-state index in [4.69, 9.17) is 0 Å². The van der Waals surface area contributed by atoms with Crippen molar-refractivity contribution < 1.29 is 9.90 Å². The van der Waals surface area contributed by atoms with Gasteiger partial charge in [0.15, 0.2) is 0 Å². The molecule has 1 saturated carbocycles. The molecular weight excluding hydrogens is 348 g/mol. The molecule has 138 valence electrons. The molecular formula is C20H24N2O3S. The third-order valence-corrected chi connectivity index (χ3v) is 5.67. The zero-order valence-corrected chi connectivity index (χ0v) is 15.9. The number of thioether (sulfide) groups is 1. The van der Waals surface area contributed by atoms with E-state index in [0.717, 1.165) is 17.7 Å². The summed E-state index contributed by atoms with van der Waals surface area (Å²) in [5.41, 5.74) is 1.27. The molecule has 0 atom stereocenters. The van der Waals surface area contributed by atoms with E-state index in [2.05, 4.69) is 5.32 Å². The number of hydrogen-bond donors (Lipinski definition) is 2. The van der Waals surface area contributed by atoms with Crippen LogP contribution in [0.4, 0.5) is 5.69 Å². The molecule has 1 heterocycles. The molecule has 1 amide bonds. The van der Waals surface area contributed by atoms with Crippen LogP contribution in [0.1, 0.15) is 47.6 Å². The molecule has 1 aromatic carbocycles. The fourth-order valence-electron chi connectivity index (χ4n) is 3.44. The minimum atomic E-state index is -0.379. The lowest BCUT2D eigenvalue weighted by molar-refractivity contribution is 0.101. The molecule has 0 aliphatic heterocycles. The maximum absolute atomic E-state index is 13.0. The van der Waals surface area contributed by atoms with Gasteiger partial charge < -0.3 is 15.0 Å². The second-order valence-electron chi connectivity index (χ2n) is 6.73. The van der Waals surface area contributed by atoms with Crippen molar-refractivity contribution in [1.82, 2.24) is 4.57 Å². The van der Waals surface area contributed by atoms with Gasteiger partial charge in [0.1, 0.15) is 5.56 Å². The molecule has 0 saturated heterocycles. The summed E-state index contributed by atoms with van der Waals surface area (Å²) in [5.74, 6) is -0.379. The van der Waals surface area contributed by atoms with Gasteiger partial charge in [-0.25, -0.2) is 0 Å². The molecule has 26 heavy (non-hydrogen) atoms. The number of aryl methyl sites for hydroxylation is 1. The molecule has 2 aromatic rings. The van der Waals surface area contributed by atoms with E-state index >= 15 is 0 Å². The van der Waals surface area contributed by atoms with Crippen LogP contribution in [0.25, 0.3) is 0 Å². The number of pyridine rings is 1. The number of aliphatic hydroxyl groups is 1. The molecule has 5 nitrogen and oxygen atoms in total. The zero-order valence-electron chi connectivity index (χ0n) is 15.1. The zero-order chi connectivity index (χ0) is 18.7. The molecule has 6 heteroatoms. The van der Waals surface area contributed by atoms with Gasteiger partial charge in [-0.05, 0) is 68.7 Å². The van der Waals surface area contributed by atoms with Gasteiger partial charge in [-0.1, -0.05) is 6.07 Å². The molecule has 1 fully saturated rings. The number of carbonyl (C=O) groups is 1.